The minimum absolute atomic E-state index is 0.346. The van der Waals surface area contributed by atoms with E-state index in [1.165, 1.54) is 6.20 Å². The number of pyridine rings is 1. The second-order valence-corrected chi connectivity index (χ2v) is 5.57. The van der Waals surface area contributed by atoms with E-state index >= 15 is 0 Å². The molecule has 0 aliphatic carbocycles. The van der Waals surface area contributed by atoms with Crippen LogP contribution in [0.2, 0.25) is 0 Å². The Bertz CT molecular complexity index is 863. The predicted octanol–water partition coefficient (Wildman–Crippen LogP) is 3.12. The molecule has 0 radical (unpaired) electrons. The lowest BCUT2D eigenvalue weighted by molar-refractivity contribution is 0.100. The maximum atomic E-state index is 11.6. The number of anilines is 4. The van der Waals surface area contributed by atoms with Crippen molar-refractivity contribution in [1.29, 1.82) is 0 Å². The molecule has 0 spiro atoms. The Balaban J connectivity index is 1.81. The molecule has 0 bridgehead atoms. The predicted molar refractivity (Wildman–Crippen MR) is 101 cm³/mol. The molecule has 0 aliphatic heterocycles. The maximum Gasteiger partial charge on any atom is 0.252 e. The number of nitrogens with two attached hydrogens (primary N) is 2. The number of benzene rings is 2. The molecule has 25 heavy (non-hydrogen) atoms. The molecule has 1 aromatic heterocycles. The second kappa shape index (κ2) is 7.35. The lowest BCUT2D eigenvalue weighted by atomic mass is 10.2. The highest BCUT2D eigenvalue weighted by atomic mass is 16.1. The monoisotopic (exact) mass is 333 g/mol. The van der Waals surface area contributed by atoms with Gasteiger partial charge in [0.2, 0.25) is 0 Å². The first-order valence-electron chi connectivity index (χ1n) is 7.82. The molecule has 1 heterocycles. The zero-order valence-electron chi connectivity index (χ0n) is 13.6. The average molecular weight is 333 g/mol. The van der Waals surface area contributed by atoms with E-state index in [0.29, 0.717) is 29.3 Å². The van der Waals surface area contributed by atoms with Gasteiger partial charge in [0, 0.05) is 30.2 Å². The van der Waals surface area contributed by atoms with Gasteiger partial charge in [-0.15, -0.1) is 0 Å². The third kappa shape index (κ3) is 4.26. The smallest absolute Gasteiger partial charge is 0.252 e. The van der Waals surface area contributed by atoms with Gasteiger partial charge in [0.1, 0.15) is 5.82 Å². The van der Waals surface area contributed by atoms with Crippen molar-refractivity contribution in [3.63, 3.8) is 0 Å². The lowest BCUT2D eigenvalue weighted by Crippen LogP contribution is -2.15. The van der Waals surface area contributed by atoms with Crippen LogP contribution in [0.3, 0.4) is 0 Å². The van der Waals surface area contributed by atoms with Crippen LogP contribution >= 0.6 is 0 Å². The van der Waals surface area contributed by atoms with Gasteiger partial charge in [-0.2, -0.15) is 0 Å². The van der Waals surface area contributed by atoms with Crippen molar-refractivity contribution in [3.05, 3.63) is 78.0 Å². The minimum Gasteiger partial charge on any atom is -0.399 e. The van der Waals surface area contributed by atoms with Crippen LogP contribution in [0.4, 0.5) is 22.9 Å². The van der Waals surface area contributed by atoms with E-state index in [-0.39, 0.29) is 0 Å². The fourth-order valence-electron chi connectivity index (χ4n) is 2.37. The van der Waals surface area contributed by atoms with Crippen molar-refractivity contribution in [1.82, 2.24) is 4.98 Å². The second-order valence-electron chi connectivity index (χ2n) is 5.57. The molecule has 6 nitrogen and oxygen atoms in total. The highest BCUT2D eigenvalue weighted by molar-refractivity contribution is 5.98. The zero-order valence-corrected chi connectivity index (χ0v) is 13.6. The normalized spacial score (nSPS) is 10.2. The summed E-state index contributed by atoms with van der Waals surface area (Å²) in [5.41, 5.74) is 14.7. The van der Waals surface area contributed by atoms with Crippen LogP contribution < -0.4 is 22.1 Å². The van der Waals surface area contributed by atoms with E-state index in [2.05, 4.69) is 15.6 Å². The Kier molecular flexibility index (Phi) is 4.80. The van der Waals surface area contributed by atoms with Gasteiger partial charge >= 0.3 is 0 Å². The van der Waals surface area contributed by atoms with Crippen molar-refractivity contribution < 1.29 is 4.79 Å². The van der Waals surface area contributed by atoms with Gasteiger partial charge in [-0.1, -0.05) is 30.3 Å². The standard InChI is InChI=1S/C19H19N5O/c20-14-6-8-15(9-7-14)24-18-10-17(16(12-23-18)19(21)25)22-11-13-4-2-1-3-5-13/h1-10,12H,11,20H2,(H2,21,25)(H2,22,23,24). The molecule has 2 aromatic carbocycles. The van der Waals surface area contributed by atoms with Crippen LogP contribution in [-0.4, -0.2) is 10.9 Å². The zero-order chi connectivity index (χ0) is 17.6. The molecular weight excluding hydrogens is 314 g/mol. The first-order valence-corrected chi connectivity index (χ1v) is 7.82. The summed E-state index contributed by atoms with van der Waals surface area (Å²) in [6.45, 7) is 0.576. The number of nitrogens with zero attached hydrogens (tertiary/aromatic N) is 1. The Labute approximate surface area is 145 Å². The molecule has 6 heteroatoms. The van der Waals surface area contributed by atoms with Gasteiger partial charge in [-0.3, -0.25) is 4.79 Å². The first-order chi connectivity index (χ1) is 12.1. The summed E-state index contributed by atoms with van der Waals surface area (Å²) < 4.78 is 0. The Hall–Kier alpha value is -3.54. The molecule has 0 saturated carbocycles. The summed E-state index contributed by atoms with van der Waals surface area (Å²) in [5, 5.41) is 6.42. The first kappa shape index (κ1) is 16.3. The van der Waals surface area contributed by atoms with Crippen LogP contribution in [0.1, 0.15) is 15.9 Å². The van der Waals surface area contributed by atoms with E-state index < -0.39 is 5.91 Å². The van der Waals surface area contributed by atoms with Gasteiger partial charge in [-0.25, -0.2) is 4.98 Å². The Morgan fingerprint density at radius 3 is 2.44 bits per heavy atom. The molecular formula is C19H19N5O. The maximum absolute atomic E-state index is 11.6. The van der Waals surface area contributed by atoms with Crippen molar-refractivity contribution in [3.8, 4) is 0 Å². The van der Waals surface area contributed by atoms with Gasteiger partial charge in [-0.05, 0) is 29.8 Å². The molecule has 0 unspecified atom stereocenters. The number of hydrogen-bond acceptors (Lipinski definition) is 5. The van der Waals surface area contributed by atoms with Gasteiger partial charge in [0.25, 0.3) is 5.91 Å². The largest absolute Gasteiger partial charge is 0.399 e. The number of nitrogens with one attached hydrogen (secondary N) is 2. The number of amides is 1. The van der Waals surface area contributed by atoms with Crippen LogP contribution in [0.15, 0.2) is 66.9 Å². The van der Waals surface area contributed by atoms with Crippen molar-refractivity contribution in [2.45, 2.75) is 6.54 Å². The summed E-state index contributed by atoms with van der Waals surface area (Å²) in [7, 11) is 0. The average Bonchev–Trinajstić information content (AvgIpc) is 2.63. The Morgan fingerprint density at radius 1 is 1.04 bits per heavy atom. The van der Waals surface area contributed by atoms with Crippen molar-refractivity contribution in [2.24, 2.45) is 5.73 Å². The van der Waals surface area contributed by atoms with Crippen LogP contribution in [-0.2, 0) is 6.54 Å². The number of carbonyl (C=O) groups is 1. The molecule has 0 fully saturated rings. The van der Waals surface area contributed by atoms with Crippen LogP contribution in [0, 0.1) is 0 Å². The topological polar surface area (TPSA) is 106 Å². The van der Waals surface area contributed by atoms with E-state index in [0.717, 1.165) is 11.3 Å². The van der Waals surface area contributed by atoms with Crippen molar-refractivity contribution >= 4 is 28.8 Å². The fraction of sp³-hybridized carbons (Fsp3) is 0.0526. The SMILES string of the molecule is NC(=O)c1cnc(Nc2ccc(N)cc2)cc1NCc1ccccc1. The summed E-state index contributed by atoms with van der Waals surface area (Å²) in [4.78, 5) is 15.9. The number of aromatic nitrogens is 1. The third-order valence-electron chi connectivity index (χ3n) is 3.68. The van der Waals surface area contributed by atoms with Gasteiger partial charge in [0.05, 0.1) is 11.3 Å². The number of carbonyl (C=O) groups excluding carboxylic acids is 1. The molecule has 0 aliphatic rings. The summed E-state index contributed by atoms with van der Waals surface area (Å²) in [5.74, 6) is 0.0763. The molecule has 0 atom stereocenters. The third-order valence-corrected chi connectivity index (χ3v) is 3.68. The molecule has 1 amide bonds. The number of rotatable bonds is 6. The number of primary amides is 1. The van der Waals surface area contributed by atoms with Crippen LogP contribution in [0.25, 0.3) is 0 Å². The summed E-state index contributed by atoms with van der Waals surface area (Å²) >= 11 is 0. The van der Waals surface area contributed by atoms with Gasteiger partial charge in [0.15, 0.2) is 0 Å². The van der Waals surface area contributed by atoms with E-state index in [1.807, 2.05) is 42.5 Å². The molecule has 3 aromatic rings. The van der Waals surface area contributed by atoms with Gasteiger partial charge < -0.3 is 22.1 Å². The Morgan fingerprint density at radius 2 is 1.76 bits per heavy atom. The lowest BCUT2D eigenvalue weighted by Gasteiger charge is -2.13. The molecule has 126 valence electrons. The number of nitrogen functional groups attached to an aromatic ring is 1. The van der Waals surface area contributed by atoms with Crippen molar-refractivity contribution in [2.75, 3.05) is 16.4 Å². The quantitative estimate of drug-likeness (QED) is 0.519. The highest BCUT2D eigenvalue weighted by Crippen LogP contribution is 2.22. The summed E-state index contributed by atoms with van der Waals surface area (Å²) in [6.07, 6.45) is 1.47. The highest BCUT2D eigenvalue weighted by Gasteiger charge is 2.10. The summed E-state index contributed by atoms with van der Waals surface area (Å²) in [6, 6.07) is 19.0. The fourth-order valence-corrected chi connectivity index (χ4v) is 2.37. The number of hydrogen-bond donors (Lipinski definition) is 4. The minimum atomic E-state index is -0.526. The molecule has 3 rings (SSSR count). The molecule has 6 N–H and O–H groups in total. The van der Waals surface area contributed by atoms with Crippen LogP contribution in [0.5, 0.6) is 0 Å². The van der Waals surface area contributed by atoms with E-state index in [9.17, 15) is 4.79 Å². The molecule has 0 saturated heterocycles. The van der Waals surface area contributed by atoms with E-state index in [1.54, 1.807) is 18.2 Å². The van der Waals surface area contributed by atoms with E-state index in [4.69, 9.17) is 11.5 Å².